The molecule has 4 heteroatoms. The Labute approximate surface area is 97.1 Å². The molecule has 0 saturated carbocycles. The van der Waals surface area contributed by atoms with Gasteiger partial charge in [0.15, 0.2) is 0 Å². The highest BCUT2D eigenvalue weighted by molar-refractivity contribution is 5.30. The van der Waals surface area contributed by atoms with Gasteiger partial charge >= 0.3 is 0 Å². The van der Waals surface area contributed by atoms with Crippen LogP contribution in [0.4, 0.5) is 5.95 Å². The number of aryl methyl sites for hydroxylation is 1. The smallest absolute Gasteiger partial charge is 0.225 e. The lowest BCUT2D eigenvalue weighted by atomic mass is 10.1. The van der Waals surface area contributed by atoms with Gasteiger partial charge in [-0.15, -0.1) is 0 Å². The molecule has 0 spiro atoms. The number of rotatable bonds is 3. The summed E-state index contributed by atoms with van der Waals surface area (Å²) in [4.78, 5) is 11.1. The molecule has 2 rings (SSSR count). The molecule has 1 fully saturated rings. The number of anilines is 1. The molecule has 1 aromatic rings. The van der Waals surface area contributed by atoms with Gasteiger partial charge in [-0.05, 0) is 32.4 Å². The lowest BCUT2D eigenvalue weighted by Crippen LogP contribution is -2.43. The number of nitrogens with zero attached hydrogens (tertiary/aromatic N) is 3. The van der Waals surface area contributed by atoms with Gasteiger partial charge in [-0.3, -0.25) is 0 Å². The van der Waals surface area contributed by atoms with Crippen LogP contribution in [0.15, 0.2) is 12.3 Å². The van der Waals surface area contributed by atoms with Crippen LogP contribution in [0.5, 0.6) is 0 Å². The molecule has 88 valence electrons. The van der Waals surface area contributed by atoms with Gasteiger partial charge < -0.3 is 10.2 Å². The fourth-order valence-corrected chi connectivity index (χ4v) is 2.16. The average Bonchev–Trinajstić information content (AvgIpc) is 2.30. The Bertz CT molecular complexity index is 332. The first kappa shape index (κ1) is 11.3. The molecule has 1 aliphatic heterocycles. The number of piperidine rings is 1. The lowest BCUT2D eigenvalue weighted by Gasteiger charge is -2.32. The second kappa shape index (κ2) is 5.25. The molecule has 1 aliphatic rings. The van der Waals surface area contributed by atoms with Crippen LogP contribution < -0.4 is 10.2 Å². The Morgan fingerprint density at radius 2 is 2.19 bits per heavy atom. The van der Waals surface area contributed by atoms with Gasteiger partial charge in [-0.25, -0.2) is 9.97 Å². The molecule has 0 aliphatic carbocycles. The van der Waals surface area contributed by atoms with Crippen molar-refractivity contribution in [2.75, 3.05) is 24.5 Å². The summed E-state index contributed by atoms with van der Waals surface area (Å²) in [6, 6.07) is 2.61. The summed E-state index contributed by atoms with van der Waals surface area (Å²) in [5.74, 6) is 0.884. The maximum atomic E-state index is 4.46. The van der Waals surface area contributed by atoms with Crippen molar-refractivity contribution in [2.24, 2.45) is 0 Å². The quantitative estimate of drug-likeness (QED) is 0.835. The summed E-state index contributed by atoms with van der Waals surface area (Å²) in [6.45, 7) is 7.35. The maximum absolute atomic E-state index is 4.46. The van der Waals surface area contributed by atoms with E-state index in [1.54, 1.807) is 0 Å². The number of nitrogens with one attached hydrogen (secondary N) is 1. The van der Waals surface area contributed by atoms with Crippen molar-refractivity contribution >= 4 is 5.95 Å². The van der Waals surface area contributed by atoms with Crippen molar-refractivity contribution in [3.8, 4) is 0 Å². The van der Waals surface area contributed by atoms with Crippen molar-refractivity contribution in [2.45, 2.75) is 32.7 Å². The number of aromatic nitrogens is 2. The Balaban J connectivity index is 1.94. The maximum Gasteiger partial charge on any atom is 0.225 e. The van der Waals surface area contributed by atoms with E-state index in [0.29, 0.717) is 6.04 Å². The SMILES string of the molecule is CCNC1CCN(c2nccc(C)n2)CC1. The summed E-state index contributed by atoms with van der Waals surface area (Å²) in [5, 5.41) is 3.50. The minimum atomic E-state index is 0.672. The largest absolute Gasteiger partial charge is 0.341 e. The topological polar surface area (TPSA) is 41.0 Å². The molecule has 0 atom stereocenters. The molecule has 1 aromatic heterocycles. The Morgan fingerprint density at radius 3 is 2.81 bits per heavy atom. The molecule has 2 heterocycles. The number of hydrogen-bond acceptors (Lipinski definition) is 4. The second-order valence-electron chi connectivity index (χ2n) is 4.32. The first-order chi connectivity index (χ1) is 7.79. The van der Waals surface area contributed by atoms with Gasteiger partial charge in [0.2, 0.25) is 5.95 Å². The molecule has 16 heavy (non-hydrogen) atoms. The van der Waals surface area contributed by atoms with E-state index in [0.717, 1.165) is 31.3 Å². The van der Waals surface area contributed by atoms with Crippen LogP contribution >= 0.6 is 0 Å². The van der Waals surface area contributed by atoms with E-state index in [1.807, 2.05) is 19.2 Å². The van der Waals surface area contributed by atoms with E-state index in [-0.39, 0.29) is 0 Å². The van der Waals surface area contributed by atoms with Crippen LogP contribution in [0.1, 0.15) is 25.5 Å². The fourth-order valence-electron chi connectivity index (χ4n) is 2.16. The van der Waals surface area contributed by atoms with E-state index in [4.69, 9.17) is 0 Å². The van der Waals surface area contributed by atoms with Crippen LogP contribution in [0.2, 0.25) is 0 Å². The van der Waals surface area contributed by atoms with Crippen molar-refractivity contribution < 1.29 is 0 Å². The standard InChI is InChI=1S/C12H20N4/c1-3-13-11-5-8-16(9-6-11)12-14-7-4-10(2)15-12/h4,7,11,13H,3,5-6,8-9H2,1-2H3. The molecule has 0 aromatic carbocycles. The molecule has 1 N–H and O–H groups in total. The highest BCUT2D eigenvalue weighted by Gasteiger charge is 2.19. The molecule has 0 bridgehead atoms. The van der Waals surface area contributed by atoms with Crippen molar-refractivity contribution in [1.82, 2.24) is 15.3 Å². The zero-order valence-electron chi connectivity index (χ0n) is 10.1. The molecular formula is C12H20N4. The Morgan fingerprint density at radius 1 is 1.44 bits per heavy atom. The first-order valence-electron chi connectivity index (χ1n) is 6.07. The fraction of sp³-hybridized carbons (Fsp3) is 0.667. The number of hydrogen-bond donors (Lipinski definition) is 1. The minimum absolute atomic E-state index is 0.672. The van der Waals surface area contributed by atoms with Crippen molar-refractivity contribution in [3.05, 3.63) is 18.0 Å². The summed E-state index contributed by atoms with van der Waals surface area (Å²) >= 11 is 0. The molecular weight excluding hydrogens is 200 g/mol. The van der Waals surface area contributed by atoms with E-state index in [9.17, 15) is 0 Å². The van der Waals surface area contributed by atoms with Crippen LogP contribution in [-0.2, 0) is 0 Å². The van der Waals surface area contributed by atoms with Gasteiger partial charge in [-0.2, -0.15) is 0 Å². The lowest BCUT2D eigenvalue weighted by molar-refractivity contribution is 0.421. The molecule has 4 nitrogen and oxygen atoms in total. The van der Waals surface area contributed by atoms with Crippen LogP contribution in [0, 0.1) is 6.92 Å². The van der Waals surface area contributed by atoms with Crippen molar-refractivity contribution in [1.29, 1.82) is 0 Å². The molecule has 0 unspecified atom stereocenters. The second-order valence-corrected chi connectivity index (χ2v) is 4.32. The normalized spacial score (nSPS) is 17.8. The average molecular weight is 220 g/mol. The zero-order valence-corrected chi connectivity index (χ0v) is 10.1. The van der Waals surface area contributed by atoms with Gasteiger partial charge in [0.05, 0.1) is 0 Å². The Hall–Kier alpha value is -1.16. The minimum Gasteiger partial charge on any atom is -0.341 e. The van der Waals surface area contributed by atoms with E-state index < -0.39 is 0 Å². The van der Waals surface area contributed by atoms with Gasteiger partial charge in [0.25, 0.3) is 0 Å². The third kappa shape index (κ3) is 2.70. The van der Waals surface area contributed by atoms with Crippen LogP contribution in [0.3, 0.4) is 0 Å². The van der Waals surface area contributed by atoms with Crippen LogP contribution in [0.25, 0.3) is 0 Å². The van der Waals surface area contributed by atoms with Gasteiger partial charge in [0, 0.05) is 31.0 Å². The summed E-state index contributed by atoms with van der Waals surface area (Å²) < 4.78 is 0. The monoisotopic (exact) mass is 220 g/mol. The highest BCUT2D eigenvalue weighted by Crippen LogP contribution is 2.15. The van der Waals surface area contributed by atoms with E-state index in [1.165, 1.54) is 12.8 Å². The Kier molecular flexibility index (Phi) is 3.72. The summed E-state index contributed by atoms with van der Waals surface area (Å²) in [7, 11) is 0. The van der Waals surface area contributed by atoms with Crippen LogP contribution in [-0.4, -0.2) is 35.6 Å². The highest BCUT2D eigenvalue weighted by atomic mass is 15.3. The predicted octanol–water partition coefficient (Wildman–Crippen LogP) is 1.36. The first-order valence-corrected chi connectivity index (χ1v) is 6.07. The third-order valence-electron chi connectivity index (χ3n) is 3.05. The molecule has 0 radical (unpaired) electrons. The molecule has 1 saturated heterocycles. The van der Waals surface area contributed by atoms with Gasteiger partial charge in [0.1, 0.15) is 0 Å². The summed E-state index contributed by atoms with van der Waals surface area (Å²) in [6.07, 6.45) is 4.21. The van der Waals surface area contributed by atoms with Crippen molar-refractivity contribution in [3.63, 3.8) is 0 Å². The van der Waals surface area contributed by atoms with E-state index >= 15 is 0 Å². The van der Waals surface area contributed by atoms with Gasteiger partial charge in [-0.1, -0.05) is 6.92 Å². The predicted molar refractivity (Wildman–Crippen MR) is 65.7 cm³/mol. The van der Waals surface area contributed by atoms with E-state index in [2.05, 4.69) is 27.1 Å². The summed E-state index contributed by atoms with van der Waals surface area (Å²) in [5.41, 5.74) is 1.04. The third-order valence-corrected chi connectivity index (χ3v) is 3.05. The molecule has 0 amide bonds. The zero-order chi connectivity index (χ0) is 11.4.